The number of aliphatic imine (C=N–C) groups is 1. The van der Waals surface area contributed by atoms with Crippen LogP contribution in [0.15, 0.2) is 77.4 Å². The summed E-state index contributed by atoms with van der Waals surface area (Å²) in [7, 11) is 4.74. The average molecular weight is 449 g/mol. The molecule has 1 aliphatic heterocycles. The number of halogens is 1. The average Bonchev–Trinajstić information content (AvgIpc) is 3.15. The zero-order valence-corrected chi connectivity index (χ0v) is 18.6. The Balaban J connectivity index is 1.79. The predicted octanol–water partition coefficient (Wildman–Crippen LogP) is 5.20. The largest absolute Gasteiger partial charge is 0.497 e. The first-order valence-corrected chi connectivity index (χ1v) is 10.2. The van der Waals surface area contributed by atoms with Crippen molar-refractivity contribution in [3.8, 4) is 17.2 Å². The fourth-order valence-electron chi connectivity index (χ4n) is 3.38. The lowest BCUT2D eigenvalue weighted by atomic mass is 10.1. The van der Waals surface area contributed by atoms with Crippen molar-refractivity contribution < 1.29 is 19.0 Å². The topological polar surface area (TPSA) is 60.4 Å². The van der Waals surface area contributed by atoms with E-state index in [1.807, 2.05) is 30.3 Å². The van der Waals surface area contributed by atoms with Crippen LogP contribution < -0.4 is 19.1 Å². The van der Waals surface area contributed by atoms with Gasteiger partial charge in [0.15, 0.2) is 11.5 Å². The molecule has 1 amide bonds. The molecule has 0 aromatic heterocycles. The highest BCUT2D eigenvalue weighted by molar-refractivity contribution is 6.34. The molecule has 6 nitrogen and oxygen atoms in total. The summed E-state index contributed by atoms with van der Waals surface area (Å²) in [5.41, 5.74) is 2.52. The smallest absolute Gasteiger partial charge is 0.282 e. The number of nitrogens with zero attached hydrogens (tertiary/aromatic N) is 2. The number of hydrogen-bond acceptors (Lipinski definition) is 5. The number of ether oxygens (including phenoxy) is 3. The van der Waals surface area contributed by atoms with Gasteiger partial charge in [0.05, 0.1) is 27.0 Å². The number of carbonyl (C=O) groups excluding carboxylic acids is 1. The minimum atomic E-state index is -0.241. The van der Waals surface area contributed by atoms with Crippen LogP contribution in [0.3, 0.4) is 0 Å². The van der Waals surface area contributed by atoms with Gasteiger partial charge in [-0.3, -0.25) is 9.69 Å². The molecule has 0 spiro atoms. The number of methoxy groups -OCH3 is 3. The number of benzene rings is 3. The van der Waals surface area contributed by atoms with Gasteiger partial charge in [-0.05, 0) is 72.3 Å². The monoisotopic (exact) mass is 448 g/mol. The Morgan fingerprint density at radius 3 is 2.16 bits per heavy atom. The first-order valence-electron chi connectivity index (χ1n) is 9.81. The summed E-state index contributed by atoms with van der Waals surface area (Å²) in [6.07, 6.45) is 1.73. The third-order valence-electron chi connectivity index (χ3n) is 5.00. The summed E-state index contributed by atoms with van der Waals surface area (Å²) in [5.74, 6) is 2.16. The Kier molecular flexibility index (Phi) is 6.14. The molecule has 3 aromatic carbocycles. The van der Waals surface area contributed by atoms with Gasteiger partial charge in [-0.25, -0.2) is 4.99 Å². The number of hydrogen-bond donors (Lipinski definition) is 0. The Bertz CT molecular complexity index is 1200. The Morgan fingerprint density at radius 1 is 0.844 bits per heavy atom. The first-order chi connectivity index (χ1) is 15.5. The molecule has 4 rings (SSSR count). The molecule has 0 atom stereocenters. The van der Waals surface area contributed by atoms with Crippen molar-refractivity contribution in [2.75, 3.05) is 26.2 Å². The van der Waals surface area contributed by atoms with E-state index in [2.05, 4.69) is 4.99 Å². The fourth-order valence-corrected chi connectivity index (χ4v) is 3.51. The van der Waals surface area contributed by atoms with Gasteiger partial charge in [0.25, 0.3) is 5.91 Å². The van der Waals surface area contributed by atoms with Crippen LogP contribution in [0, 0.1) is 0 Å². The highest BCUT2D eigenvalue weighted by Crippen LogP contribution is 2.32. The van der Waals surface area contributed by atoms with Crippen molar-refractivity contribution in [1.82, 2.24) is 0 Å². The summed E-state index contributed by atoms with van der Waals surface area (Å²) in [4.78, 5) is 19.7. The van der Waals surface area contributed by atoms with Crippen LogP contribution >= 0.6 is 11.6 Å². The Labute approximate surface area is 191 Å². The second kappa shape index (κ2) is 9.16. The summed E-state index contributed by atoms with van der Waals surface area (Å²) in [5, 5.41) is 0.607. The highest BCUT2D eigenvalue weighted by Gasteiger charge is 2.32. The molecule has 3 aromatic rings. The minimum Gasteiger partial charge on any atom is -0.497 e. The van der Waals surface area contributed by atoms with Gasteiger partial charge in [0, 0.05) is 10.6 Å². The lowest BCUT2D eigenvalue weighted by Gasteiger charge is -2.19. The molecule has 0 N–H and O–H groups in total. The lowest BCUT2D eigenvalue weighted by Crippen LogP contribution is -2.32. The lowest BCUT2D eigenvalue weighted by molar-refractivity contribution is -0.113. The van der Waals surface area contributed by atoms with Gasteiger partial charge >= 0.3 is 0 Å². The maximum Gasteiger partial charge on any atom is 0.282 e. The molecule has 0 bridgehead atoms. The first kappa shape index (κ1) is 21.5. The fraction of sp³-hybridized carbons (Fsp3) is 0.120. The molecule has 7 heteroatoms. The molecule has 0 fully saturated rings. The Morgan fingerprint density at radius 2 is 1.53 bits per heavy atom. The molecule has 0 saturated carbocycles. The van der Waals surface area contributed by atoms with E-state index in [4.69, 9.17) is 25.8 Å². The Hall–Kier alpha value is -3.77. The van der Waals surface area contributed by atoms with Gasteiger partial charge < -0.3 is 14.2 Å². The van der Waals surface area contributed by atoms with Gasteiger partial charge in [-0.2, -0.15) is 0 Å². The van der Waals surface area contributed by atoms with Crippen molar-refractivity contribution in [2.24, 2.45) is 4.99 Å². The zero-order chi connectivity index (χ0) is 22.7. The quantitative estimate of drug-likeness (QED) is 0.486. The second-order valence-corrected chi connectivity index (χ2v) is 7.36. The summed E-state index contributed by atoms with van der Waals surface area (Å²) < 4.78 is 15.9. The van der Waals surface area contributed by atoms with Crippen LogP contribution in [0.5, 0.6) is 17.2 Å². The third-order valence-corrected chi connectivity index (χ3v) is 5.26. The molecular weight excluding hydrogens is 428 g/mol. The van der Waals surface area contributed by atoms with E-state index < -0.39 is 0 Å². The van der Waals surface area contributed by atoms with E-state index in [0.29, 0.717) is 39.5 Å². The van der Waals surface area contributed by atoms with Crippen molar-refractivity contribution in [1.29, 1.82) is 0 Å². The molecular formula is C25H21ClN2O4. The molecule has 0 aliphatic carbocycles. The summed E-state index contributed by atoms with van der Waals surface area (Å²) in [6.45, 7) is 0. The normalized spacial score (nSPS) is 14.5. The molecule has 1 aliphatic rings. The van der Waals surface area contributed by atoms with Crippen LogP contribution in [0.2, 0.25) is 5.02 Å². The van der Waals surface area contributed by atoms with E-state index in [1.165, 1.54) is 0 Å². The van der Waals surface area contributed by atoms with E-state index in [0.717, 1.165) is 11.1 Å². The standard InChI is InChI=1S/C25H21ClN2O4/c1-30-20-11-9-19(10-12-20)28-24(17-5-7-18(26)8-6-17)27-21(25(28)29)14-16-4-13-22(31-2)23(15-16)32-3/h4-15H,1-3H3. The van der Waals surface area contributed by atoms with Crippen molar-refractivity contribution in [2.45, 2.75) is 0 Å². The molecule has 162 valence electrons. The van der Waals surface area contributed by atoms with Crippen LogP contribution in [-0.4, -0.2) is 33.1 Å². The molecule has 0 saturated heterocycles. The van der Waals surface area contributed by atoms with E-state index in [9.17, 15) is 4.79 Å². The number of amidine groups is 1. The molecule has 0 radical (unpaired) electrons. The molecule has 0 unspecified atom stereocenters. The van der Waals surface area contributed by atoms with Gasteiger partial charge in [-0.15, -0.1) is 0 Å². The number of anilines is 1. The third kappa shape index (κ3) is 4.18. The minimum absolute atomic E-state index is 0.241. The van der Waals surface area contributed by atoms with E-state index in [-0.39, 0.29) is 5.91 Å². The molecule has 1 heterocycles. The summed E-state index contributed by atoms with van der Waals surface area (Å²) >= 11 is 6.06. The van der Waals surface area contributed by atoms with E-state index >= 15 is 0 Å². The van der Waals surface area contributed by atoms with Crippen molar-refractivity contribution in [3.05, 3.63) is 88.6 Å². The van der Waals surface area contributed by atoms with Crippen LogP contribution in [0.25, 0.3) is 6.08 Å². The highest BCUT2D eigenvalue weighted by atomic mass is 35.5. The predicted molar refractivity (Wildman–Crippen MR) is 126 cm³/mol. The zero-order valence-electron chi connectivity index (χ0n) is 17.8. The SMILES string of the molecule is COc1ccc(N2C(=O)C(=Cc3ccc(OC)c(OC)c3)N=C2c2ccc(Cl)cc2)cc1. The summed E-state index contributed by atoms with van der Waals surface area (Å²) in [6, 6.07) is 19.9. The second-order valence-electron chi connectivity index (χ2n) is 6.92. The van der Waals surface area contributed by atoms with Crippen LogP contribution in [0.4, 0.5) is 5.69 Å². The number of carbonyl (C=O) groups is 1. The van der Waals surface area contributed by atoms with Gasteiger partial charge in [0.2, 0.25) is 0 Å². The molecule has 32 heavy (non-hydrogen) atoms. The van der Waals surface area contributed by atoms with Gasteiger partial charge in [0.1, 0.15) is 17.3 Å². The maximum atomic E-state index is 13.4. The van der Waals surface area contributed by atoms with Gasteiger partial charge in [-0.1, -0.05) is 17.7 Å². The number of rotatable bonds is 6. The number of amides is 1. The van der Waals surface area contributed by atoms with E-state index in [1.54, 1.807) is 68.7 Å². The van der Waals surface area contributed by atoms with Crippen LogP contribution in [-0.2, 0) is 4.79 Å². The maximum absolute atomic E-state index is 13.4. The van der Waals surface area contributed by atoms with Crippen molar-refractivity contribution >= 4 is 35.1 Å². The van der Waals surface area contributed by atoms with Crippen molar-refractivity contribution in [3.63, 3.8) is 0 Å². The van der Waals surface area contributed by atoms with Crippen LogP contribution in [0.1, 0.15) is 11.1 Å².